The fraction of sp³-hybridized carbons (Fsp3) is 0.750. The van der Waals surface area contributed by atoms with E-state index in [0.29, 0.717) is 5.75 Å². The highest BCUT2D eigenvalue weighted by atomic mass is 32.2. The number of nitrogens with two attached hydrogens (primary N) is 1. The molecule has 0 aliphatic heterocycles. The third-order valence-electron chi connectivity index (χ3n) is 3.81. The van der Waals surface area contributed by atoms with Crippen LogP contribution in [-0.2, 0) is 19.2 Å². The van der Waals surface area contributed by atoms with Crippen molar-refractivity contribution in [2.24, 2.45) is 11.7 Å². The normalized spacial score (nSPS) is 15.4. The van der Waals surface area contributed by atoms with Gasteiger partial charge < -0.3 is 31.9 Å². The van der Waals surface area contributed by atoms with Crippen LogP contribution in [0.15, 0.2) is 0 Å². The lowest BCUT2D eigenvalue weighted by Gasteiger charge is -2.23. The predicted octanol–water partition coefficient (Wildman–Crippen LogP) is -1.73. The monoisotopic (exact) mass is 406 g/mol. The van der Waals surface area contributed by atoms with E-state index in [1.807, 2.05) is 6.26 Å². The summed E-state index contributed by atoms with van der Waals surface area (Å²) in [4.78, 5) is 47.5. The van der Waals surface area contributed by atoms with Crippen molar-refractivity contribution in [2.75, 3.05) is 18.6 Å². The van der Waals surface area contributed by atoms with Gasteiger partial charge in [-0.2, -0.15) is 11.8 Å². The fourth-order valence-corrected chi connectivity index (χ4v) is 2.41. The number of nitrogens with one attached hydrogen (secondary N) is 3. The maximum Gasteiger partial charge on any atom is 0.328 e. The van der Waals surface area contributed by atoms with Crippen molar-refractivity contribution in [3.8, 4) is 0 Å². The molecule has 156 valence electrons. The molecule has 0 saturated carbocycles. The summed E-state index contributed by atoms with van der Waals surface area (Å²) in [5.41, 5.74) is 5.73. The van der Waals surface area contributed by atoms with Gasteiger partial charge in [-0.25, -0.2) is 4.79 Å². The number of carboxylic acids is 1. The topological polar surface area (TPSA) is 171 Å². The molecule has 0 aromatic heterocycles. The largest absolute Gasteiger partial charge is 0.480 e. The Kier molecular flexibility index (Phi) is 11.7. The van der Waals surface area contributed by atoms with E-state index in [2.05, 4.69) is 16.0 Å². The maximum atomic E-state index is 12.3. The minimum Gasteiger partial charge on any atom is -0.480 e. The van der Waals surface area contributed by atoms with E-state index in [4.69, 9.17) is 15.9 Å². The first kappa shape index (κ1) is 25.1. The van der Waals surface area contributed by atoms with Gasteiger partial charge in [0, 0.05) is 0 Å². The van der Waals surface area contributed by atoms with Crippen molar-refractivity contribution in [1.82, 2.24) is 16.0 Å². The van der Waals surface area contributed by atoms with E-state index in [9.17, 15) is 19.2 Å². The van der Waals surface area contributed by atoms with Gasteiger partial charge >= 0.3 is 5.97 Å². The highest BCUT2D eigenvalue weighted by Crippen LogP contribution is 2.03. The summed E-state index contributed by atoms with van der Waals surface area (Å²) >= 11 is 1.45. The summed E-state index contributed by atoms with van der Waals surface area (Å²) in [5.74, 6) is -2.76. The van der Waals surface area contributed by atoms with E-state index < -0.39 is 54.5 Å². The van der Waals surface area contributed by atoms with Crippen molar-refractivity contribution in [3.63, 3.8) is 0 Å². The van der Waals surface area contributed by atoms with E-state index in [0.717, 1.165) is 0 Å². The second kappa shape index (κ2) is 12.5. The summed E-state index contributed by atoms with van der Waals surface area (Å²) in [6.07, 6.45) is 2.07. The van der Waals surface area contributed by atoms with Gasteiger partial charge in [0.15, 0.2) is 0 Å². The summed E-state index contributed by atoms with van der Waals surface area (Å²) < 4.78 is 0. The van der Waals surface area contributed by atoms with Gasteiger partial charge in [0.2, 0.25) is 17.7 Å². The zero-order valence-corrected chi connectivity index (χ0v) is 16.8. The van der Waals surface area contributed by atoms with E-state index in [1.165, 1.54) is 18.7 Å². The smallest absolute Gasteiger partial charge is 0.328 e. The van der Waals surface area contributed by atoms with Gasteiger partial charge in [-0.1, -0.05) is 13.8 Å². The molecule has 0 rings (SSSR count). The van der Waals surface area contributed by atoms with Crippen LogP contribution in [0.25, 0.3) is 0 Å². The van der Waals surface area contributed by atoms with Crippen LogP contribution in [0.4, 0.5) is 0 Å². The minimum absolute atomic E-state index is 0.105. The zero-order chi connectivity index (χ0) is 21.1. The Balaban J connectivity index is 4.95. The van der Waals surface area contributed by atoms with Gasteiger partial charge in [0.05, 0.1) is 12.6 Å². The van der Waals surface area contributed by atoms with Crippen LogP contribution in [0, 0.1) is 5.92 Å². The molecule has 0 bridgehead atoms. The first-order valence-electron chi connectivity index (χ1n) is 8.54. The molecule has 0 radical (unpaired) electrons. The number of carboxylic acid groups (broad SMARTS) is 1. The van der Waals surface area contributed by atoms with Gasteiger partial charge in [-0.15, -0.1) is 0 Å². The van der Waals surface area contributed by atoms with Crippen LogP contribution in [0.1, 0.15) is 27.2 Å². The Hall–Kier alpha value is -1.85. The summed E-state index contributed by atoms with van der Waals surface area (Å²) in [6.45, 7) is 4.23. The standard InChI is InChI=1S/C16H30N4O6S/c1-8(2)12(17)15(24)18-9(3)13(22)19-10(5-6-27-4)14(23)20-11(7-21)16(25)26/h8-12,21H,5-7,17H2,1-4H3,(H,18,24)(H,19,22)(H,20,23)(H,25,26). The molecule has 10 nitrogen and oxygen atoms in total. The highest BCUT2D eigenvalue weighted by Gasteiger charge is 2.28. The molecule has 3 amide bonds. The summed E-state index contributed by atoms with van der Waals surface area (Å²) in [7, 11) is 0. The van der Waals surface area contributed by atoms with Crippen LogP contribution in [0.2, 0.25) is 0 Å². The van der Waals surface area contributed by atoms with Crippen molar-refractivity contribution < 1.29 is 29.4 Å². The van der Waals surface area contributed by atoms with Gasteiger partial charge in [-0.05, 0) is 31.3 Å². The molecular formula is C16H30N4O6S. The summed E-state index contributed by atoms with van der Waals surface area (Å²) in [5, 5.41) is 25.1. The third kappa shape index (κ3) is 9.07. The van der Waals surface area contributed by atoms with Crippen LogP contribution >= 0.6 is 11.8 Å². The average Bonchev–Trinajstić information content (AvgIpc) is 2.61. The molecule has 4 atom stereocenters. The number of aliphatic carboxylic acids is 1. The molecule has 4 unspecified atom stereocenters. The molecule has 0 aromatic carbocycles. The lowest BCUT2D eigenvalue weighted by atomic mass is 10.0. The molecule has 0 heterocycles. The Morgan fingerprint density at radius 2 is 1.52 bits per heavy atom. The van der Waals surface area contributed by atoms with Gasteiger partial charge in [0.25, 0.3) is 0 Å². The quantitative estimate of drug-likeness (QED) is 0.222. The number of hydrogen-bond donors (Lipinski definition) is 6. The number of amides is 3. The number of rotatable bonds is 12. The lowest BCUT2D eigenvalue weighted by Crippen LogP contribution is -2.57. The van der Waals surface area contributed by atoms with Crippen LogP contribution in [0.3, 0.4) is 0 Å². The lowest BCUT2D eigenvalue weighted by molar-refractivity contribution is -0.143. The molecular weight excluding hydrogens is 376 g/mol. The number of carbonyl (C=O) groups is 4. The summed E-state index contributed by atoms with van der Waals surface area (Å²) in [6, 6.07) is -4.17. The molecule has 0 aliphatic carbocycles. The molecule has 0 spiro atoms. The van der Waals surface area contributed by atoms with E-state index in [1.54, 1.807) is 13.8 Å². The van der Waals surface area contributed by atoms with Crippen molar-refractivity contribution in [2.45, 2.75) is 51.4 Å². The minimum atomic E-state index is -1.47. The second-order valence-electron chi connectivity index (χ2n) is 6.42. The Morgan fingerprint density at radius 1 is 0.963 bits per heavy atom. The fourth-order valence-electron chi connectivity index (χ4n) is 1.94. The number of thioether (sulfide) groups is 1. The number of aliphatic hydroxyl groups excluding tert-OH is 1. The Labute approximate surface area is 163 Å². The zero-order valence-electron chi connectivity index (χ0n) is 16.0. The van der Waals surface area contributed by atoms with Crippen LogP contribution in [-0.4, -0.2) is 76.7 Å². The highest BCUT2D eigenvalue weighted by molar-refractivity contribution is 7.98. The Morgan fingerprint density at radius 3 is 1.96 bits per heavy atom. The average molecular weight is 407 g/mol. The number of carbonyl (C=O) groups excluding carboxylic acids is 3. The van der Waals surface area contributed by atoms with Crippen molar-refractivity contribution in [3.05, 3.63) is 0 Å². The number of aliphatic hydroxyl groups is 1. The molecule has 0 aromatic rings. The van der Waals surface area contributed by atoms with E-state index in [-0.39, 0.29) is 12.3 Å². The van der Waals surface area contributed by atoms with E-state index >= 15 is 0 Å². The molecule has 0 saturated heterocycles. The SMILES string of the molecule is CSCCC(NC(=O)C(C)NC(=O)C(N)C(C)C)C(=O)NC(CO)C(=O)O. The third-order valence-corrected chi connectivity index (χ3v) is 4.46. The molecule has 0 aliphatic rings. The second-order valence-corrected chi connectivity index (χ2v) is 7.41. The molecule has 11 heteroatoms. The van der Waals surface area contributed by atoms with Crippen LogP contribution < -0.4 is 21.7 Å². The molecule has 7 N–H and O–H groups in total. The van der Waals surface area contributed by atoms with Gasteiger partial charge in [0.1, 0.15) is 18.1 Å². The van der Waals surface area contributed by atoms with Gasteiger partial charge in [-0.3, -0.25) is 14.4 Å². The first-order valence-corrected chi connectivity index (χ1v) is 9.93. The predicted molar refractivity (Wildman–Crippen MR) is 102 cm³/mol. The number of hydrogen-bond acceptors (Lipinski definition) is 7. The van der Waals surface area contributed by atoms with Crippen molar-refractivity contribution in [1.29, 1.82) is 0 Å². The molecule has 27 heavy (non-hydrogen) atoms. The first-order chi connectivity index (χ1) is 12.5. The maximum absolute atomic E-state index is 12.3. The van der Waals surface area contributed by atoms with Crippen molar-refractivity contribution >= 4 is 35.5 Å². The van der Waals surface area contributed by atoms with Crippen LogP contribution in [0.5, 0.6) is 0 Å². The Bertz CT molecular complexity index is 531. The molecule has 0 fully saturated rings.